The van der Waals surface area contributed by atoms with Gasteiger partial charge in [0.25, 0.3) is 0 Å². The second-order valence-corrected chi connectivity index (χ2v) is 1.82. The third kappa shape index (κ3) is 0.619. The van der Waals surface area contributed by atoms with Crippen molar-refractivity contribution in [3.05, 3.63) is 17.5 Å². The van der Waals surface area contributed by atoms with Crippen LogP contribution in [0.25, 0.3) is 0 Å². The summed E-state index contributed by atoms with van der Waals surface area (Å²) in [7, 11) is 0. The summed E-state index contributed by atoms with van der Waals surface area (Å²) >= 11 is 0. The minimum atomic E-state index is -2.14. The van der Waals surface area contributed by atoms with Crippen molar-refractivity contribution in [2.75, 3.05) is 0 Å². The number of aromatic nitrogens is 2. The molecule has 1 aromatic heterocycles. The van der Waals surface area contributed by atoms with Crippen molar-refractivity contribution in [3.63, 3.8) is 0 Å². The average Bonchev–Trinajstić information content (AvgIpc) is 2.11. The van der Waals surface area contributed by atoms with E-state index in [1.54, 1.807) is 13.1 Å². The molecular formula is C6H10N2. The van der Waals surface area contributed by atoms with E-state index in [2.05, 4.69) is 5.10 Å². The average molecular weight is 113 g/mol. The van der Waals surface area contributed by atoms with Crippen LogP contribution in [0, 0.1) is 13.8 Å². The van der Waals surface area contributed by atoms with Gasteiger partial charge in [-0.3, -0.25) is 4.68 Å². The Morgan fingerprint density at radius 2 is 2.50 bits per heavy atom. The molecule has 1 aromatic rings. The Morgan fingerprint density at radius 3 is 2.75 bits per heavy atom. The molecule has 0 saturated carbocycles. The van der Waals surface area contributed by atoms with E-state index in [4.69, 9.17) is 4.11 Å². The van der Waals surface area contributed by atoms with Crippen LogP contribution in [0.1, 0.15) is 15.4 Å². The lowest BCUT2D eigenvalue weighted by atomic mass is 10.3. The van der Waals surface area contributed by atoms with Crippen molar-refractivity contribution in [2.45, 2.75) is 13.8 Å². The highest BCUT2D eigenvalue weighted by Crippen LogP contribution is 2.00. The Kier molecular flexibility index (Phi) is 0.539. The van der Waals surface area contributed by atoms with Crippen molar-refractivity contribution in [1.82, 2.24) is 9.78 Å². The molecule has 0 saturated heterocycles. The molecule has 0 atom stereocenters. The van der Waals surface area contributed by atoms with Crippen molar-refractivity contribution in [1.29, 1.82) is 0 Å². The summed E-state index contributed by atoms with van der Waals surface area (Å²) in [6.45, 7) is 1.44. The Hall–Kier alpha value is -0.790. The Morgan fingerprint density at radius 1 is 1.75 bits per heavy atom. The zero-order valence-electron chi connectivity index (χ0n) is 7.97. The maximum Gasteiger partial charge on any atom is 0.0521 e. The van der Waals surface area contributed by atoms with E-state index in [0.717, 1.165) is 10.2 Å². The van der Waals surface area contributed by atoms with E-state index in [1.165, 1.54) is 0 Å². The Bertz CT molecular complexity index is 261. The van der Waals surface area contributed by atoms with Gasteiger partial charge in [0.05, 0.1) is 6.20 Å². The van der Waals surface area contributed by atoms with Crippen LogP contribution in [-0.4, -0.2) is 9.78 Å². The topological polar surface area (TPSA) is 17.8 Å². The maximum atomic E-state index is 7.06. The standard InChI is InChI=1S/C6H10N2/c1-5-4-7-8(3)6(5)2/h4H,1-3H3/i3D3. The van der Waals surface area contributed by atoms with Crippen molar-refractivity contribution in [3.8, 4) is 0 Å². The van der Waals surface area contributed by atoms with Gasteiger partial charge in [0.1, 0.15) is 0 Å². The number of hydrogen-bond donors (Lipinski definition) is 0. The molecule has 8 heavy (non-hydrogen) atoms. The quantitative estimate of drug-likeness (QED) is 0.491. The summed E-state index contributed by atoms with van der Waals surface area (Å²) in [5.41, 5.74) is 1.60. The van der Waals surface area contributed by atoms with E-state index >= 15 is 0 Å². The molecule has 1 rings (SSSR count). The molecule has 0 aliphatic carbocycles. The van der Waals surface area contributed by atoms with Crippen LogP contribution in [0.15, 0.2) is 6.20 Å². The lowest BCUT2D eigenvalue weighted by Crippen LogP contribution is -1.91. The Balaban J connectivity index is 3.15. The number of rotatable bonds is 0. The molecule has 2 heteroatoms. The van der Waals surface area contributed by atoms with Crippen LogP contribution in [0.4, 0.5) is 0 Å². The van der Waals surface area contributed by atoms with Gasteiger partial charge >= 0.3 is 0 Å². The van der Waals surface area contributed by atoms with Crippen LogP contribution in [0.2, 0.25) is 0 Å². The van der Waals surface area contributed by atoms with Crippen molar-refractivity contribution < 1.29 is 4.11 Å². The second-order valence-electron chi connectivity index (χ2n) is 1.82. The summed E-state index contributed by atoms with van der Waals surface area (Å²) in [5, 5.41) is 3.74. The highest BCUT2D eigenvalue weighted by Gasteiger charge is 1.93. The maximum absolute atomic E-state index is 7.06. The van der Waals surface area contributed by atoms with Gasteiger partial charge in [-0.2, -0.15) is 5.10 Å². The second kappa shape index (κ2) is 1.62. The van der Waals surface area contributed by atoms with Crippen LogP contribution < -0.4 is 0 Å². The minimum absolute atomic E-state index is 0.699. The van der Waals surface area contributed by atoms with Gasteiger partial charge in [0.2, 0.25) is 0 Å². The normalized spacial score (nSPS) is 17.0. The predicted octanol–water partition coefficient (Wildman–Crippen LogP) is 1.04. The molecule has 0 N–H and O–H groups in total. The summed E-state index contributed by atoms with van der Waals surface area (Å²) < 4.78 is 22.2. The minimum Gasteiger partial charge on any atom is -0.273 e. The van der Waals surface area contributed by atoms with Crippen molar-refractivity contribution in [2.24, 2.45) is 6.98 Å². The van der Waals surface area contributed by atoms with Crippen molar-refractivity contribution >= 4 is 0 Å². The Labute approximate surface area is 53.3 Å². The molecule has 0 aromatic carbocycles. The molecule has 0 radical (unpaired) electrons. The van der Waals surface area contributed by atoms with E-state index in [0.29, 0.717) is 5.69 Å². The third-order valence-electron chi connectivity index (χ3n) is 1.26. The lowest BCUT2D eigenvalue weighted by Gasteiger charge is -1.90. The molecule has 0 amide bonds. The zero-order chi connectivity index (χ0) is 8.65. The van der Waals surface area contributed by atoms with E-state index in [1.807, 2.05) is 6.92 Å². The first-order chi connectivity index (χ1) is 4.93. The largest absolute Gasteiger partial charge is 0.273 e. The van der Waals surface area contributed by atoms with Crippen LogP contribution in [0.3, 0.4) is 0 Å². The molecule has 0 aliphatic rings. The predicted molar refractivity (Wildman–Crippen MR) is 32.7 cm³/mol. The van der Waals surface area contributed by atoms with Gasteiger partial charge in [-0.1, -0.05) is 0 Å². The van der Waals surface area contributed by atoms with Gasteiger partial charge in [0, 0.05) is 16.8 Å². The van der Waals surface area contributed by atoms with Crippen LogP contribution >= 0.6 is 0 Å². The van der Waals surface area contributed by atoms with Gasteiger partial charge in [-0.25, -0.2) is 0 Å². The number of aryl methyl sites for hydroxylation is 2. The van der Waals surface area contributed by atoms with Crippen LogP contribution in [0.5, 0.6) is 0 Å². The molecular weight excluding hydrogens is 100 g/mol. The van der Waals surface area contributed by atoms with Gasteiger partial charge in [0.15, 0.2) is 0 Å². The number of nitrogens with zero attached hydrogens (tertiary/aromatic N) is 2. The summed E-state index contributed by atoms with van der Waals surface area (Å²) in [6, 6.07) is 0. The molecule has 2 nitrogen and oxygen atoms in total. The monoisotopic (exact) mass is 113 g/mol. The van der Waals surface area contributed by atoms with Gasteiger partial charge < -0.3 is 0 Å². The first kappa shape index (κ1) is 2.67. The lowest BCUT2D eigenvalue weighted by molar-refractivity contribution is 0.739. The molecule has 0 fully saturated rings. The summed E-state index contributed by atoms with van der Waals surface area (Å²) in [6.07, 6.45) is 1.56. The molecule has 0 unspecified atom stereocenters. The molecule has 0 spiro atoms. The molecule has 1 heterocycles. The fourth-order valence-electron chi connectivity index (χ4n) is 0.491. The van der Waals surface area contributed by atoms with Crippen LogP contribution in [-0.2, 0) is 6.98 Å². The summed E-state index contributed by atoms with van der Waals surface area (Å²) in [4.78, 5) is 0. The van der Waals surface area contributed by atoms with Gasteiger partial charge in [-0.05, 0) is 19.4 Å². The first-order valence-electron chi connectivity index (χ1n) is 3.94. The smallest absolute Gasteiger partial charge is 0.0521 e. The molecule has 0 bridgehead atoms. The van der Waals surface area contributed by atoms with E-state index in [-0.39, 0.29) is 0 Å². The highest BCUT2D eigenvalue weighted by atomic mass is 15.3. The summed E-state index contributed by atoms with van der Waals surface area (Å²) in [5.74, 6) is 0. The number of hydrogen-bond acceptors (Lipinski definition) is 1. The van der Waals surface area contributed by atoms with E-state index < -0.39 is 6.98 Å². The molecule has 44 valence electrons. The fourth-order valence-corrected chi connectivity index (χ4v) is 0.491. The molecule has 0 aliphatic heterocycles. The fraction of sp³-hybridized carbons (Fsp3) is 0.500. The highest BCUT2D eigenvalue weighted by molar-refractivity contribution is 5.12. The van der Waals surface area contributed by atoms with Gasteiger partial charge in [-0.15, -0.1) is 0 Å². The SMILES string of the molecule is [2H]C([2H])([2H])n1ncc(C)c1C. The third-order valence-corrected chi connectivity index (χ3v) is 1.26. The zero-order valence-corrected chi connectivity index (χ0v) is 4.97. The first-order valence-corrected chi connectivity index (χ1v) is 2.44. The van der Waals surface area contributed by atoms with E-state index in [9.17, 15) is 0 Å².